The smallest absolute Gasteiger partial charge is 0.0757 e. The second kappa shape index (κ2) is 5.86. The highest BCUT2D eigenvalue weighted by Gasteiger charge is 1.87. The molecular formula is C6H6Cl2OS. The summed E-state index contributed by atoms with van der Waals surface area (Å²) in [6, 6.07) is 0. The van der Waals surface area contributed by atoms with Gasteiger partial charge in [-0.25, -0.2) is 3.74 Å². The van der Waals surface area contributed by atoms with Gasteiger partial charge in [0.05, 0.1) is 23.9 Å². The summed E-state index contributed by atoms with van der Waals surface area (Å²) in [5.41, 5.74) is 0. The van der Waals surface area contributed by atoms with Crippen molar-refractivity contribution < 1.29 is 3.74 Å². The third kappa shape index (κ3) is 6.23. The van der Waals surface area contributed by atoms with Crippen LogP contribution in [0.2, 0.25) is 0 Å². The minimum atomic E-state index is 0.441. The van der Waals surface area contributed by atoms with Crippen molar-refractivity contribution in [3.63, 3.8) is 0 Å². The van der Waals surface area contributed by atoms with Crippen LogP contribution in [0.3, 0.4) is 0 Å². The van der Waals surface area contributed by atoms with Crippen LogP contribution in [-0.4, -0.2) is 0 Å². The lowest BCUT2D eigenvalue weighted by molar-refractivity contribution is 0.734. The van der Waals surface area contributed by atoms with Crippen molar-refractivity contribution in [2.24, 2.45) is 0 Å². The predicted molar refractivity (Wildman–Crippen MR) is 47.8 cm³/mol. The molecule has 0 fully saturated rings. The standard InChI is InChI=1S/C6H6Cl2OS/c1-5(7)3-4-6(2)10-9-8/h3-4H,1-2H2/b4-3-. The Balaban J connectivity index is 3.67. The highest BCUT2D eigenvalue weighted by Crippen LogP contribution is 2.18. The van der Waals surface area contributed by atoms with Crippen LogP contribution in [0, 0.1) is 0 Å². The van der Waals surface area contributed by atoms with E-state index in [1.54, 1.807) is 12.2 Å². The molecule has 0 aromatic rings. The van der Waals surface area contributed by atoms with E-state index < -0.39 is 0 Å². The highest BCUT2D eigenvalue weighted by molar-refractivity contribution is 7.99. The van der Waals surface area contributed by atoms with E-state index >= 15 is 0 Å². The molecule has 0 spiro atoms. The molecule has 0 heterocycles. The summed E-state index contributed by atoms with van der Waals surface area (Å²) in [6.07, 6.45) is 3.26. The Morgan fingerprint density at radius 3 is 2.40 bits per heavy atom. The quantitative estimate of drug-likeness (QED) is 0.502. The number of hydrogen-bond donors (Lipinski definition) is 0. The van der Waals surface area contributed by atoms with Gasteiger partial charge in [-0.05, 0) is 12.2 Å². The zero-order valence-corrected chi connectivity index (χ0v) is 7.47. The van der Waals surface area contributed by atoms with E-state index in [0.717, 1.165) is 12.0 Å². The maximum absolute atomic E-state index is 5.42. The Morgan fingerprint density at radius 2 is 2.00 bits per heavy atom. The molecule has 0 radical (unpaired) electrons. The van der Waals surface area contributed by atoms with E-state index in [4.69, 9.17) is 23.5 Å². The van der Waals surface area contributed by atoms with Crippen molar-refractivity contribution in [2.75, 3.05) is 0 Å². The van der Waals surface area contributed by atoms with E-state index in [-0.39, 0.29) is 0 Å². The Labute approximate surface area is 74.7 Å². The molecule has 0 unspecified atom stereocenters. The van der Waals surface area contributed by atoms with Crippen molar-refractivity contribution >= 4 is 35.5 Å². The third-order valence-electron chi connectivity index (χ3n) is 0.589. The first-order chi connectivity index (χ1) is 4.66. The summed E-state index contributed by atoms with van der Waals surface area (Å²) in [7, 11) is 0. The minimum Gasteiger partial charge on any atom is -0.202 e. The van der Waals surface area contributed by atoms with Gasteiger partial charge < -0.3 is 0 Å². The molecule has 0 atom stereocenters. The fraction of sp³-hybridized carbons (Fsp3) is 0. The highest BCUT2D eigenvalue weighted by atomic mass is 35.5. The molecule has 0 aromatic carbocycles. The first kappa shape index (κ1) is 10.1. The van der Waals surface area contributed by atoms with Crippen molar-refractivity contribution in [1.82, 2.24) is 0 Å². The zero-order chi connectivity index (χ0) is 7.98. The first-order valence-corrected chi connectivity index (χ1v) is 3.76. The number of allylic oxidation sites excluding steroid dienone is 3. The molecule has 0 amide bonds. The van der Waals surface area contributed by atoms with Crippen LogP contribution in [0.25, 0.3) is 0 Å². The van der Waals surface area contributed by atoms with Crippen molar-refractivity contribution in [3.05, 3.63) is 35.2 Å². The van der Waals surface area contributed by atoms with Gasteiger partial charge in [0.15, 0.2) is 0 Å². The van der Waals surface area contributed by atoms with Crippen LogP contribution in [0.4, 0.5) is 0 Å². The van der Waals surface area contributed by atoms with E-state index in [9.17, 15) is 0 Å². The molecule has 56 valence electrons. The SMILES string of the molecule is C=C(Cl)/C=C\C(=C)SOCl. The van der Waals surface area contributed by atoms with Crippen LogP contribution in [-0.2, 0) is 3.74 Å². The van der Waals surface area contributed by atoms with Crippen molar-refractivity contribution in [3.8, 4) is 0 Å². The Morgan fingerprint density at radius 1 is 1.40 bits per heavy atom. The summed E-state index contributed by atoms with van der Waals surface area (Å²) in [6.45, 7) is 7.03. The monoisotopic (exact) mass is 196 g/mol. The van der Waals surface area contributed by atoms with Gasteiger partial charge >= 0.3 is 0 Å². The molecule has 4 heteroatoms. The van der Waals surface area contributed by atoms with Gasteiger partial charge in [-0.3, -0.25) is 0 Å². The van der Waals surface area contributed by atoms with E-state index in [1.807, 2.05) is 0 Å². The molecule has 10 heavy (non-hydrogen) atoms. The molecule has 0 saturated heterocycles. The molecule has 0 rings (SSSR count). The molecule has 1 nitrogen and oxygen atoms in total. The summed E-state index contributed by atoms with van der Waals surface area (Å²) < 4.78 is 4.20. The molecule has 0 aliphatic carbocycles. The number of hydrogen-bond acceptors (Lipinski definition) is 2. The van der Waals surface area contributed by atoms with Crippen molar-refractivity contribution in [1.29, 1.82) is 0 Å². The molecule has 0 aliphatic rings. The van der Waals surface area contributed by atoms with Crippen LogP contribution in [0.1, 0.15) is 0 Å². The second-order valence-electron chi connectivity index (χ2n) is 1.39. The summed E-state index contributed by atoms with van der Waals surface area (Å²) in [5, 5.41) is 0.441. The maximum Gasteiger partial charge on any atom is 0.0757 e. The Kier molecular flexibility index (Phi) is 5.93. The number of halogens is 2. The molecule has 0 N–H and O–H groups in total. The Bertz CT molecular complexity index is 165. The minimum absolute atomic E-state index is 0.441. The molecule has 0 bridgehead atoms. The van der Waals surface area contributed by atoms with E-state index in [2.05, 4.69) is 16.9 Å². The fourth-order valence-corrected chi connectivity index (χ4v) is 0.762. The first-order valence-electron chi connectivity index (χ1n) is 2.33. The van der Waals surface area contributed by atoms with Crippen molar-refractivity contribution in [2.45, 2.75) is 0 Å². The number of rotatable bonds is 4. The topological polar surface area (TPSA) is 9.23 Å². The molecule has 0 aromatic heterocycles. The molecular weight excluding hydrogens is 191 g/mol. The van der Waals surface area contributed by atoms with E-state index in [0.29, 0.717) is 9.94 Å². The van der Waals surface area contributed by atoms with E-state index in [1.165, 1.54) is 0 Å². The lowest BCUT2D eigenvalue weighted by atomic mass is 10.5. The second-order valence-corrected chi connectivity index (χ2v) is 3.07. The van der Waals surface area contributed by atoms with Crippen LogP contribution in [0.15, 0.2) is 35.2 Å². The average Bonchev–Trinajstić information content (AvgIpc) is 1.85. The van der Waals surface area contributed by atoms with Crippen LogP contribution in [0.5, 0.6) is 0 Å². The normalized spacial score (nSPS) is 10.2. The van der Waals surface area contributed by atoms with Crippen LogP contribution >= 0.6 is 35.5 Å². The lowest BCUT2D eigenvalue weighted by Crippen LogP contribution is -1.64. The third-order valence-corrected chi connectivity index (χ3v) is 1.32. The summed E-state index contributed by atoms with van der Waals surface area (Å²) >= 11 is 11.3. The summed E-state index contributed by atoms with van der Waals surface area (Å²) in [5.74, 6) is 0. The van der Waals surface area contributed by atoms with Gasteiger partial charge in [0.2, 0.25) is 0 Å². The summed E-state index contributed by atoms with van der Waals surface area (Å²) in [4.78, 5) is 0.664. The largest absolute Gasteiger partial charge is 0.202 e. The molecule has 0 saturated carbocycles. The van der Waals surface area contributed by atoms with Gasteiger partial charge in [0.25, 0.3) is 0 Å². The average molecular weight is 197 g/mol. The van der Waals surface area contributed by atoms with Crippen LogP contribution < -0.4 is 0 Å². The van der Waals surface area contributed by atoms with Gasteiger partial charge in [0.1, 0.15) is 0 Å². The fourth-order valence-electron chi connectivity index (χ4n) is 0.252. The van der Waals surface area contributed by atoms with Gasteiger partial charge in [-0.2, -0.15) is 0 Å². The van der Waals surface area contributed by atoms with Gasteiger partial charge in [0, 0.05) is 9.94 Å². The molecule has 0 aliphatic heterocycles. The Hall–Kier alpha value is 0.110. The predicted octanol–water partition coefficient (Wildman–Crippen LogP) is 3.63. The maximum atomic E-state index is 5.42. The van der Waals surface area contributed by atoms with Gasteiger partial charge in [-0.15, -0.1) is 0 Å². The zero-order valence-electron chi connectivity index (χ0n) is 5.14. The lowest BCUT2D eigenvalue weighted by Gasteiger charge is -1.90. The van der Waals surface area contributed by atoms with Gasteiger partial charge in [-0.1, -0.05) is 24.8 Å².